The number of ether oxygens (including phenoxy) is 1. The molecule has 1 amide bonds. The fraction of sp³-hybridized carbons (Fsp3) is 0.400. The Morgan fingerprint density at radius 2 is 1.96 bits per heavy atom. The van der Waals surface area contributed by atoms with Crippen molar-refractivity contribution in [3.63, 3.8) is 0 Å². The molecule has 140 valence electrons. The van der Waals surface area contributed by atoms with E-state index in [4.69, 9.17) is 9.15 Å². The first-order valence-corrected chi connectivity index (χ1v) is 9.73. The number of aryl methyl sites for hydroxylation is 2. The first-order valence-electron chi connectivity index (χ1n) is 8.58. The highest BCUT2D eigenvalue weighted by Gasteiger charge is 2.16. The topological polar surface area (TPSA) is 68.5 Å². The molecule has 5 nitrogen and oxygen atoms in total. The summed E-state index contributed by atoms with van der Waals surface area (Å²) in [5.74, 6) is 1.59. The van der Waals surface area contributed by atoms with Crippen LogP contribution in [0.4, 0.5) is 0 Å². The van der Waals surface area contributed by atoms with Crippen LogP contribution in [0.1, 0.15) is 52.9 Å². The van der Waals surface area contributed by atoms with Crippen molar-refractivity contribution in [2.45, 2.75) is 39.0 Å². The number of rotatable bonds is 8. The molecule has 0 unspecified atom stereocenters. The monoisotopic (exact) mass is 375 g/mol. The third-order valence-corrected chi connectivity index (χ3v) is 5.07. The number of carbonyl (C=O) groups excluding carboxylic acids is 2. The molecule has 0 aliphatic heterocycles. The summed E-state index contributed by atoms with van der Waals surface area (Å²) in [6.07, 6.45) is 1.00. The van der Waals surface area contributed by atoms with E-state index >= 15 is 0 Å². The van der Waals surface area contributed by atoms with Crippen LogP contribution in [0.3, 0.4) is 0 Å². The second kappa shape index (κ2) is 9.48. The summed E-state index contributed by atoms with van der Waals surface area (Å²) in [7, 11) is 1.34. The number of nitrogens with one attached hydrogen (secondary N) is 1. The van der Waals surface area contributed by atoms with Gasteiger partial charge in [-0.05, 0) is 37.5 Å². The quantitative estimate of drug-likeness (QED) is 0.705. The molecule has 6 heteroatoms. The van der Waals surface area contributed by atoms with Crippen molar-refractivity contribution in [3.05, 3.63) is 58.5 Å². The maximum absolute atomic E-state index is 12.1. The van der Waals surface area contributed by atoms with Gasteiger partial charge in [-0.3, -0.25) is 4.79 Å². The van der Waals surface area contributed by atoms with Gasteiger partial charge in [0.15, 0.2) is 0 Å². The van der Waals surface area contributed by atoms with Gasteiger partial charge in [0.05, 0.1) is 24.7 Å². The van der Waals surface area contributed by atoms with Gasteiger partial charge in [-0.15, -0.1) is 11.8 Å². The van der Waals surface area contributed by atoms with Crippen LogP contribution in [0.2, 0.25) is 0 Å². The molecule has 26 heavy (non-hydrogen) atoms. The van der Waals surface area contributed by atoms with E-state index in [2.05, 4.69) is 36.5 Å². The van der Waals surface area contributed by atoms with Gasteiger partial charge in [-0.25, -0.2) is 4.79 Å². The molecule has 0 bridgehead atoms. The lowest BCUT2D eigenvalue weighted by molar-refractivity contribution is -0.119. The molecule has 1 heterocycles. The number of benzene rings is 1. The van der Waals surface area contributed by atoms with Gasteiger partial charge in [-0.1, -0.05) is 31.2 Å². The average Bonchev–Trinajstić information content (AvgIpc) is 3.01. The van der Waals surface area contributed by atoms with Crippen molar-refractivity contribution < 1.29 is 18.7 Å². The second-order valence-electron chi connectivity index (χ2n) is 6.05. The minimum absolute atomic E-state index is 0.0291. The van der Waals surface area contributed by atoms with Gasteiger partial charge in [0.25, 0.3) is 0 Å². The average molecular weight is 375 g/mol. The molecule has 2 rings (SSSR count). The van der Waals surface area contributed by atoms with Gasteiger partial charge >= 0.3 is 5.97 Å². The third-order valence-electron chi connectivity index (χ3n) is 4.12. The number of hydrogen-bond acceptors (Lipinski definition) is 5. The highest BCUT2D eigenvalue weighted by molar-refractivity contribution is 7.99. The lowest BCUT2D eigenvalue weighted by atomic mass is 10.1. The Labute approximate surface area is 158 Å². The van der Waals surface area contributed by atoms with Crippen LogP contribution in [0.5, 0.6) is 0 Å². The van der Waals surface area contributed by atoms with Crippen molar-refractivity contribution in [3.8, 4) is 0 Å². The van der Waals surface area contributed by atoms with Crippen molar-refractivity contribution in [2.24, 2.45) is 0 Å². The van der Waals surface area contributed by atoms with Gasteiger partial charge in [0.1, 0.15) is 17.1 Å². The Morgan fingerprint density at radius 3 is 2.58 bits per heavy atom. The van der Waals surface area contributed by atoms with E-state index in [0.717, 1.165) is 12.0 Å². The first-order chi connectivity index (χ1) is 12.4. The molecule has 0 aliphatic rings. The molecule has 2 aromatic rings. The Hall–Kier alpha value is -2.21. The summed E-state index contributed by atoms with van der Waals surface area (Å²) in [6, 6.07) is 9.92. The SMILES string of the molecule is CCc1ccc([C@H](C)NC(=O)CSCc2cc(C(=O)OC)c(C)o2)cc1. The number of thioether (sulfide) groups is 1. The molecule has 0 saturated carbocycles. The molecular formula is C20H25NO4S. The van der Waals surface area contributed by atoms with E-state index in [1.54, 1.807) is 13.0 Å². The minimum atomic E-state index is -0.414. The summed E-state index contributed by atoms with van der Waals surface area (Å²) >= 11 is 1.44. The Morgan fingerprint density at radius 1 is 1.27 bits per heavy atom. The third kappa shape index (κ3) is 5.39. The van der Waals surface area contributed by atoms with Crippen molar-refractivity contribution in [1.82, 2.24) is 5.32 Å². The number of hydrogen-bond donors (Lipinski definition) is 1. The Bertz CT molecular complexity index is 752. The van der Waals surface area contributed by atoms with Gasteiger partial charge in [0.2, 0.25) is 5.91 Å². The molecular weight excluding hydrogens is 350 g/mol. The van der Waals surface area contributed by atoms with Crippen LogP contribution in [-0.2, 0) is 21.7 Å². The van der Waals surface area contributed by atoms with E-state index in [9.17, 15) is 9.59 Å². The number of esters is 1. The summed E-state index contributed by atoms with van der Waals surface area (Å²) in [6.45, 7) is 5.81. The van der Waals surface area contributed by atoms with Gasteiger partial charge in [0, 0.05) is 0 Å². The molecule has 0 fully saturated rings. The minimum Gasteiger partial charge on any atom is -0.465 e. The largest absolute Gasteiger partial charge is 0.465 e. The maximum atomic E-state index is 12.1. The van der Waals surface area contributed by atoms with Crippen molar-refractivity contribution >= 4 is 23.6 Å². The van der Waals surface area contributed by atoms with Crippen LogP contribution in [-0.4, -0.2) is 24.7 Å². The summed E-state index contributed by atoms with van der Waals surface area (Å²) < 4.78 is 10.2. The number of carbonyl (C=O) groups is 2. The van der Waals surface area contributed by atoms with Crippen LogP contribution in [0, 0.1) is 6.92 Å². The molecule has 1 N–H and O–H groups in total. The molecule has 1 atom stereocenters. The Kier molecular flexibility index (Phi) is 7.33. The summed E-state index contributed by atoms with van der Waals surface area (Å²) in [5.41, 5.74) is 2.80. The van der Waals surface area contributed by atoms with E-state index in [-0.39, 0.29) is 11.9 Å². The molecule has 0 aliphatic carbocycles. The zero-order valence-electron chi connectivity index (χ0n) is 15.6. The predicted molar refractivity (Wildman–Crippen MR) is 103 cm³/mol. The Balaban J connectivity index is 1.80. The second-order valence-corrected chi connectivity index (χ2v) is 7.04. The number of methoxy groups -OCH3 is 1. The highest BCUT2D eigenvalue weighted by Crippen LogP contribution is 2.20. The number of amides is 1. The van der Waals surface area contributed by atoms with E-state index < -0.39 is 5.97 Å². The smallest absolute Gasteiger partial charge is 0.341 e. The normalized spacial score (nSPS) is 11.8. The standard InChI is InChI=1S/C20H25NO4S/c1-5-15-6-8-16(9-7-15)13(2)21-19(22)12-26-11-17-10-18(14(3)25-17)20(23)24-4/h6-10,13H,5,11-12H2,1-4H3,(H,21,22)/t13-/m0/s1. The maximum Gasteiger partial charge on any atom is 0.341 e. The van der Waals surface area contributed by atoms with Crippen molar-refractivity contribution in [2.75, 3.05) is 12.9 Å². The highest BCUT2D eigenvalue weighted by atomic mass is 32.2. The first kappa shape index (κ1) is 20.1. The lowest BCUT2D eigenvalue weighted by Gasteiger charge is -2.14. The molecule has 0 saturated heterocycles. The molecule has 0 radical (unpaired) electrons. The van der Waals surface area contributed by atoms with Crippen LogP contribution >= 0.6 is 11.8 Å². The molecule has 1 aromatic carbocycles. The van der Waals surface area contributed by atoms with Crippen LogP contribution < -0.4 is 5.32 Å². The lowest BCUT2D eigenvalue weighted by Crippen LogP contribution is -2.28. The van der Waals surface area contributed by atoms with Crippen LogP contribution in [0.25, 0.3) is 0 Å². The number of furan rings is 1. The van der Waals surface area contributed by atoms with E-state index in [0.29, 0.717) is 28.6 Å². The van der Waals surface area contributed by atoms with Gasteiger partial charge < -0.3 is 14.5 Å². The fourth-order valence-electron chi connectivity index (χ4n) is 2.58. The fourth-order valence-corrected chi connectivity index (χ4v) is 3.29. The summed E-state index contributed by atoms with van der Waals surface area (Å²) in [4.78, 5) is 23.7. The van der Waals surface area contributed by atoms with Crippen molar-refractivity contribution in [1.29, 1.82) is 0 Å². The van der Waals surface area contributed by atoms with E-state index in [1.807, 2.05) is 6.92 Å². The van der Waals surface area contributed by atoms with Crippen LogP contribution in [0.15, 0.2) is 34.7 Å². The molecule has 1 aromatic heterocycles. The molecule has 0 spiro atoms. The van der Waals surface area contributed by atoms with E-state index in [1.165, 1.54) is 24.4 Å². The zero-order chi connectivity index (χ0) is 19.1. The van der Waals surface area contributed by atoms with Gasteiger partial charge in [-0.2, -0.15) is 0 Å². The zero-order valence-corrected chi connectivity index (χ0v) is 16.4. The predicted octanol–water partition coefficient (Wildman–Crippen LogP) is 4.05. The summed E-state index contributed by atoms with van der Waals surface area (Å²) in [5, 5.41) is 3.00.